The predicted octanol–water partition coefficient (Wildman–Crippen LogP) is 1.88. The molecule has 0 atom stereocenters. The van der Waals surface area contributed by atoms with Crippen molar-refractivity contribution in [2.45, 2.75) is 6.42 Å². The quantitative estimate of drug-likeness (QED) is 0.439. The number of fused-ring (bicyclic) bond motifs is 1. The SMILES string of the molecule is N#C/C=C1\Cc2ccccc2C1=O. The molecule has 0 fully saturated rings. The van der Waals surface area contributed by atoms with Gasteiger partial charge in [-0.15, -0.1) is 0 Å². The molecule has 0 radical (unpaired) electrons. The highest BCUT2D eigenvalue weighted by Gasteiger charge is 2.23. The van der Waals surface area contributed by atoms with Crippen LogP contribution in [-0.4, -0.2) is 5.78 Å². The van der Waals surface area contributed by atoms with Crippen LogP contribution >= 0.6 is 0 Å². The fraction of sp³-hybridized carbons (Fsp3) is 0.0909. The summed E-state index contributed by atoms with van der Waals surface area (Å²) in [6.45, 7) is 0. The van der Waals surface area contributed by atoms with Crippen molar-refractivity contribution in [2.75, 3.05) is 0 Å². The largest absolute Gasteiger partial charge is 0.289 e. The summed E-state index contributed by atoms with van der Waals surface area (Å²) >= 11 is 0. The van der Waals surface area contributed by atoms with Gasteiger partial charge in [0, 0.05) is 23.6 Å². The van der Waals surface area contributed by atoms with Crippen LogP contribution < -0.4 is 0 Å². The molecule has 1 aliphatic carbocycles. The summed E-state index contributed by atoms with van der Waals surface area (Å²) in [5.41, 5.74) is 2.36. The third kappa shape index (κ3) is 1.15. The lowest BCUT2D eigenvalue weighted by Gasteiger charge is -1.91. The summed E-state index contributed by atoms with van der Waals surface area (Å²) in [7, 11) is 0. The molecule has 2 heteroatoms. The zero-order valence-electron chi connectivity index (χ0n) is 6.95. The van der Waals surface area contributed by atoms with Crippen LogP contribution in [0.4, 0.5) is 0 Å². The van der Waals surface area contributed by atoms with Gasteiger partial charge >= 0.3 is 0 Å². The van der Waals surface area contributed by atoms with E-state index in [1.807, 2.05) is 24.3 Å². The molecule has 0 bridgehead atoms. The van der Waals surface area contributed by atoms with Crippen molar-refractivity contribution in [3.8, 4) is 6.07 Å². The minimum atomic E-state index is -0.00264. The molecule has 62 valence electrons. The normalized spacial score (nSPS) is 17.2. The molecule has 0 saturated heterocycles. The Balaban J connectivity index is 2.51. The van der Waals surface area contributed by atoms with E-state index in [1.165, 1.54) is 6.08 Å². The summed E-state index contributed by atoms with van der Waals surface area (Å²) < 4.78 is 0. The highest BCUT2D eigenvalue weighted by Crippen LogP contribution is 2.25. The van der Waals surface area contributed by atoms with Crippen LogP contribution in [0.3, 0.4) is 0 Å². The number of nitriles is 1. The number of carbonyl (C=O) groups excluding carboxylic acids is 1. The highest BCUT2D eigenvalue weighted by atomic mass is 16.1. The highest BCUT2D eigenvalue weighted by molar-refractivity contribution is 6.13. The van der Waals surface area contributed by atoms with Gasteiger partial charge in [0.2, 0.25) is 0 Å². The number of nitrogens with zero attached hydrogens (tertiary/aromatic N) is 1. The van der Waals surface area contributed by atoms with Crippen LogP contribution in [0.5, 0.6) is 0 Å². The van der Waals surface area contributed by atoms with Crippen molar-refractivity contribution in [3.63, 3.8) is 0 Å². The fourth-order valence-electron chi connectivity index (χ4n) is 1.55. The van der Waals surface area contributed by atoms with E-state index in [0.29, 0.717) is 12.0 Å². The number of ketones is 1. The van der Waals surface area contributed by atoms with E-state index in [9.17, 15) is 4.79 Å². The second kappa shape index (κ2) is 2.87. The Bertz CT molecular complexity index is 438. The molecule has 1 aliphatic rings. The first-order valence-electron chi connectivity index (χ1n) is 4.04. The molecule has 0 aromatic heterocycles. The number of allylic oxidation sites excluding steroid dienone is 2. The number of Topliss-reactive ketones (excluding diaryl/α,β-unsaturated/α-hetero) is 1. The third-order valence-corrected chi connectivity index (χ3v) is 2.17. The Morgan fingerprint density at radius 3 is 2.85 bits per heavy atom. The number of hydrogen-bond donors (Lipinski definition) is 0. The summed E-state index contributed by atoms with van der Waals surface area (Å²) in [4.78, 5) is 11.6. The molecule has 2 rings (SSSR count). The molecule has 0 aliphatic heterocycles. The van der Waals surface area contributed by atoms with E-state index in [0.717, 1.165) is 11.1 Å². The monoisotopic (exact) mass is 169 g/mol. The van der Waals surface area contributed by atoms with Gasteiger partial charge in [0.25, 0.3) is 0 Å². The second-order valence-electron chi connectivity index (χ2n) is 2.96. The number of carbonyl (C=O) groups is 1. The molecule has 0 unspecified atom stereocenters. The first-order chi connectivity index (χ1) is 6.33. The van der Waals surface area contributed by atoms with Crippen molar-refractivity contribution < 1.29 is 4.79 Å². The topological polar surface area (TPSA) is 40.9 Å². The molecule has 0 N–H and O–H groups in total. The van der Waals surface area contributed by atoms with Gasteiger partial charge in [-0.25, -0.2) is 0 Å². The predicted molar refractivity (Wildman–Crippen MR) is 48.2 cm³/mol. The van der Waals surface area contributed by atoms with E-state index < -0.39 is 0 Å². The minimum Gasteiger partial charge on any atom is -0.289 e. The van der Waals surface area contributed by atoms with E-state index in [4.69, 9.17) is 5.26 Å². The Hall–Kier alpha value is -1.88. The van der Waals surface area contributed by atoms with Crippen LogP contribution in [0.2, 0.25) is 0 Å². The number of hydrogen-bond acceptors (Lipinski definition) is 2. The van der Waals surface area contributed by atoms with Crippen molar-refractivity contribution in [1.82, 2.24) is 0 Å². The zero-order chi connectivity index (χ0) is 9.26. The number of benzene rings is 1. The standard InChI is InChI=1S/C11H7NO/c12-6-5-9-7-8-3-1-2-4-10(8)11(9)13/h1-5H,7H2/b9-5+. The Morgan fingerprint density at radius 2 is 2.15 bits per heavy atom. The molecule has 0 amide bonds. The van der Waals surface area contributed by atoms with Crippen LogP contribution in [0.1, 0.15) is 15.9 Å². The summed E-state index contributed by atoms with van der Waals surface area (Å²) in [6, 6.07) is 9.36. The van der Waals surface area contributed by atoms with Crippen LogP contribution in [0.15, 0.2) is 35.9 Å². The Kier molecular flexibility index (Phi) is 1.71. The zero-order valence-corrected chi connectivity index (χ0v) is 6.95. The molecule has 1 aromatic carbocycles. The summed E-state index contributed by atoms with van der Waals surface area (Å²) in [6.07, 6.45) is 1.94. The first kappa shape index (κ1) is 7.75. The molecular weight excluding hydrogens is 162 g/mol. The van der Waals surface area contributed by atoms with E-state index in [1.54, 1.807) is 6.07 Å². The molecule has 0 heterocycles. The van der Waals surface area contributed by atoms with Crippen molar-refractivity contribution in [1.29, 1.82) is 5.26 Å². The van der Waals surface area contributed by atoms with Gasteiger partial charge in [0.15, 0.2) is 5.78 Å². The molecule has 0 spiro atoms. The second-order valence-corrected chi connectivity index (χ2v) is 2.96. The first-order valence-corrected chi connectivity index (χ1v) is 4.04. The number of rotatable bonds is 0. The molecule has 2 nitrogen and oxygen atoms in total. The molecule has 0 saturated carbocycles. The van der Waals surface area contributed by atoms with Gasteiger partial charge in [-0.2, -0.15) is 5.26 Å². The van der Waals surface area contributed by atoms with Gasteiger partial charge in [0.1, 0.15) is 0 Å². The van der Waals surface area contributed by atoms with E-state index in [-0.39, 0.29) is 5.78 Å². The maximum Gasteiger partial charge on any atom is 0.190 e. The lowest BCUT2D eigenvalue weighted by Crippen LogP contribution is -1.94. The smallest absolute Gasteiger partial charge is 0.190 e. The minimum absolute atomic E-state index is 0.00264. The molecule has 1 aromatic rings. The van der Waals surface area contributed by atoms with Crippen LogP contribution in [0.25, 0.3) is 0 Å². The van der Waals surface area contributed by atoms with Crippen LogP contribution in [0, 0.1) is 11.3 Å². The van der Waals surface area contributed by atoms with Crippen molar-refractivity contribution >= 4 is 5.78 Å². The lowest BCUT2D eigenvalue weighted by molar-refractivity contribution is 0.103. The van der Waals surface area contributed by atoms with Crippen molar-refractivity contribution in [2.24, 2.45) is 0 Å². The lowest BCUT2D eigenvalue weighted by atomic mass is 10.1. The summed E-state index contributed by atoms with van der Waals surface area (Å²) in [5.74, 6) is -0.00264. The van der Waals surface area contributed by atoms with Gasteiger partial charge in [0.05, 0.1) is 6.07 Å². The van der Waals surface area contributed by atoms with E-state index >= 15 is 0 Å². The average molecular weight is 169 g/mol. The maximum absolute atomic E-state index is 11.6. The van der Waals surface area contributed by atoms with E-state index in [2.05, 4.69) is 0 Å². The van der Waals surface area contributed by atoms with Crippen molar-refractivity contribution in [3.05, 3.63) is 47.0 Å². The summed E-state index contributed by atoms with van der Waals surface area (Å²) in [5, 5.41) is 8.44. The maximum atomic E-state index is 11.6. The van der Waals surface area contributed by atoms with Crippen LogP contribution in [-0.2, 0) is 6.42 Å². The molecular formula is C11H7NO. The molecule has 13 heavy (non-hydrogen) atoms. The van der Waals surface area contributed by atoms with Gasteiger partial charge in [-0.1, -0.05) is 24.3 Å². The fourth-order valence-corrected chi connectivity index (χ4v) is 1.55. The Morgan fingerprint density at radius 1 is 1.38 bits per heavy atom. The van der Waals surface area contributed by atoms with Gasteiger partial charge < -0.3 is 0 Å². The Labute approximate surface area is 76.1 Å². The van der Waals surface area contributed by atoms with Gasteiger partial charge in [-0.3, -0.25) is 4.79 Å². The average Bonchev–Trinajstić information content (AvgIpc) is 2.46. The van der Waals surface area contributed by atoms with Gasteiger partial charge in [-0.05, 0) is 5.56 Å². The third-order valence-electron chi connectivity index (χ3n) is 2.17.